The standard InChI is InChI=1S/C15H19NO3/c1-10-6-11(9-16-8-10)7-15(14(17)18)4-5-19-13(15)12-2-3-12/h6,8-9,12-13H,2-5,7H2,1H3,(H,17,18). The lowest BCUT2D eigenvalue weighted by atomic mass is 9.74. The molecule has 1 aliphatic heterocycles. The lowest BCUT2D eigenvalue weighted by molar-refractivity contribution is -0.153. The third-order valence-electron chi connectivity index (χ3n) is 4.32. The summed E-state index contributed by atoms with van der Waals surface area (Å²) < 4.78 is 5.76. The van der Waals surface area contributed by atoms with Crippen LogP contribution in [-0.4, -0.2) is 28.8 Å². The van der Waals surface area contributed by atoms with E-state index in [4.69, 9.17) is 4.74 Å². The molecule has 1 saturated carbocycles. The first-order valence-electron chi connectivity index (χ1n) is 6.87. The number of rotatable bonds is 4. The van der Waals surface area contributed by atoms with Crippen LogP contribution in [0.15, 0.2) is 18.5 Å². The van der Waals surface area contributed by atoms with Gasteiger partial charge in [0, 0.05) is 19.0 Å². The van der Waals surface area contributed by atoms with Crippen LogP contribution in [0.1, 0.15) is 30.4 Å². The van der Waals surface area contributed by atoms with Crippen molar-refractivity contribution in [3.63, 3.8) is 0 Å². The van der Waals surface area contributed by atoms with Crippen LogP contribution in [-0.2, 0) is 16.0 Å². The summed E-state index contributed by atoms with van der Waals surface area (Å²) >= 11 is 0. The van der Waals surface area contributed by atoms with Gasteiger partial charge in [-0.1, -0.05) is 6.07 Å². The highest BCUT2D eigenvalue weighted by Crippen LogP contribution is 2.49. The first-order chi connectivity index (χ1) is 9.12. The van der Waals surface area contributed by atoms with Gasteiger partial charge in [0.05, 0.1) is 6.10 Å². The largest absolute Gasteiger partial charge is 0.481 e. The predicted molar refractivity (Wildman–Crippen MR) is 69.8 cm³/mol. The molecule has 1 N–H and O–H groups in total. The Labute approximate surface area is 112 Å². The number of pyridine rings is 1. The number of ether oxygens (including phenoxy) is 1. The van der Waals surface area contributed by atoms with Gasteiger partial charge >= 0.3 is 5.97 Å². The summed E-state index contributed by atoms with van der Waals surface area (Å²) in [4.78, 5) is 16.0. The van der Waals surface area contributed by atoms with Crippen molar-refractivity contribution in [3.05, 3.63) is 29.6 Å². The molecule has 1 aliphatic carbocycles. The molecule has 102 valence electrons. The number of aromatic nitrogens is 1. The summed E-state index contributed by atoms with van der Waals surface area (Å²) in [6, 6.07) is 2.03. The van der Waals surface area contributed by atoms with Crippen molar-refractivity contribution in [2.45, 2.75) is 38.7 Å². The molecular formula is C15H19NO3. The Hall–Kier alpha value is -1.42. The molecule has 1 aromatic heterocycles. The number of carbonyl (C=O) groups is 1. The SMILES string of the molecule is Cc1cncc(CC2(C(=O)O)CCOC2C2CC2)c1. The van der Waals surface area contributed by atoms with Crippen LogP contribution in [0.5, 0.6) is 0 Å². The maximum Gasteiger partial charge on any atom is 0.312 e. The minimum atomic E-state index is -0.753. The molecule has 3 rings (SSSR count). The van der Waals surface area contributed by atoms with Gasteiger partial charge in [-0.25, -0.2) is 0 Å². The van der Waals surface area contributed by atoms with Crippen molar-refractivity contribution < 1.29 is 14.6 Å². The van der Waals surface area contributed by atoms with Crippen LogP contribution in [0, 0.1) is 18.3 Å². The first-order valence-corrected chi connectivity index (χ1v) is 6.87. The predicted octanol–water partition coefficient (Wildman–Crippen LogP) is 2.20. The summed E-state index contributed by atoms with van der Waals surface area (Å²) in [7, 11) is 0. The average molecular weight is 261 g/mol. The van der Waals surface area contributed by atoms with E-state index in [9.17, 15) is 9.90 Å². The van der Waals surface area contributed by atoms with Crippen LogP contribution in [0.25, 0.3) is 0 Å². The molecule has 2 unspecified atom stereocenters. The van der Waals surface area contributed by atoms with E-state index in [1.165, 1.54) is 0 Å². The fourth-order valence-corrected chi connectivity index (χ4v) is 3.23. The zero-order chi connectivity index (χ0) is 13.5. The number of hydrogen-bond acceptors (Lipinski definition) is 3. The third-order valence-corrected chi connectivity index (χ3v) is 4.32. The minimum absolute atomic E-state index is 0.120. The van der Waals surface area contributed by atoms with Gasteiger partial charge in [-0.15, -0.1) is 0 Å². The normalized spacial score (nSPS) is 30.5. The number of carboxylic acid groups (broad SMARTS) is 1. The van der Waals surface area contributed by atoms with E-state index >= 15 is 0 Å². The zero-order valence-electron chi connectivity index (χ0n) is 11.1. The van der Waals surface area contributed by atoms with Crippen molar-refractivity contribution in [2.75, 3.05) is 6.61 Å². The number of aliphatic carboxylic acids is 1. The fraction of sp³-hybridized carbons (Fsp3) is 0.600. The van der Waals surface area contributed by atoms with E-state index in [1.54, 1.807) is 12.4 Å². The third kappa shape index (κ3) is 2.25. The van der Waals surface area contributed by atoms with Gasteiger partial charge in [-0.3, -0.25) is 9.78 Å². The summed E-state index contributed by atoms with van der Waals surface area (Å²) in [5, 5.41) is 9.74. The van der Waals surface area contributed by atoms with Crippen molar-refractivity contribution in [3.8, 4) is 0 Å². The molecule has 2 aliphatic rings. The van der Waals surface area contributed by atoms with Gasteiger partial charge in [0.2, 0.25) is 0 Å². The molecule has 2 heterocycles. The molecule has 0 aromatic carbocycles. The number of hydrogen-bond donors (Lipinski definition) is 1. The highest BCUT2D eigenvalue weighted by atomic mass is 16.5. The molecule has 19 heavy (non-hydrogen) atoms. The van der Waals surface area contributed by atoms with Gasteiger partial charge in [0.15, 0.2) is 0 Å². The Morgan fingerprint density at radius 1 is 1.53 bits per heavy atom. The van der Waals surface area contributed by atoms with E-state index in [1.807, 2.05) is 13.0 Å². The summed E-state index contributed by atoms with van der Waals surface area (Å²) in [5.41, 5.74) is 1.31. The Morgan fingerprint density at radius 3 is 2.95 bits per heavy atom. The zero-order valence-corrected chi connectivity index (χ0v) is 11.1. The smallest absolute Gasteiger partial charge is 0.312 e. The van der Waals surface area contributed by atoms with Gasteiger partial charge in [-0.2, -0.15) is 0 Å². The summed E-state index contributed by atoms with van der Waals surface area (Å²) in [6.45, 7) is 2.54. The topological polar surface area (TPSA) is 59.4 Å². The molecule has 0 bridgehead atoms. The van der Waals surface area contributed by atoms with E-state index in [0.717, 1.165) is 24.0 Å². The van der Waals surface area contributed by atoms with Gasteiger partial charge in [-0.05, 0) is 49.7 Å². The molecule has 1 saturated heterocycles. The second-order valence-electron chi connectivity index (χ2n) is 5.89. The maximum absolute atomic E-state index is 11.9. The highest BCUT2D eigenvalue weighted by molar-refractivity contribution is 5.76. The molecular weight excluding hydrogens is 242 g/mol. The Balaban J connectivity index is 1.90. The van der Waals surface area contributed by atoms with Gasteiger partial charge in [0.1, 0.15) is 5.41 Å². The van der Waals surface area contributed by atoms with Crippen LogP contribution in [0.4, 0.5) is 0 Å². The Morgan fingerprint density at radius 2 is 2.32 bits per heavy atom. The number of nitrogens with zero attached hydrogens (tertiary/aromatic N) is 1. The molecule has 4 nitrogen and oxygen atoms in total. The monoisotopic (exact) mass is 261 g/mol. The van der Waals surface area contributed by atoms with Gasteiger partial charge < -0.3 is 9.84 Å². The molecule has 1 aromatic rings. The molecule has 0 radical (unpaired) electrons. The summed E-state index contributed by atoms with van der Waals surface area (Å²) in [6.07, 6.45) is 6.79. The maximum atomic E-state index is 11.9. The van der Waals surface area contributed by atoms with E-state index in [0.29, 0.717) is 25.4 Å². The molecule has 0 spiro atoms. The van der Waals surface area contributed by atoms with Crippen molar-refractivity contribution in [1.29, 1.82) is 0 Å². The lowest BCUT2D eigenvalue weighted by Gasteiger charge is -2.30. The van der Waals surface area contributed by atoms with Gasteiger partial charge in [0.25, 0.3) is 0 Å². The molecule has 2 fully saturated rings. The lowest BCUT2D eigenvalue weighted by Crippen LogP contribution is -2.42. The van der Waals surface area contributed by atoms with Crippen LogP contribution < -0.4 is 0 Å². The van der Waals surface area contributed by atoms with Crippen LogP contribution in [0.2, 0.25) is 0 Å². The molecule has 2 atom stereocenters. The summed E-state index contributed by atoms with van der Waals surface area (Å²) in [5.74, 6) is -0.278. The Bertz CT molecular complexity index is 498. The number of aryl methyl sites for hydroxylation is 1. The second kappa shape index (κ2) is 4.60. The number of carboxylic acids is 1. The first kappa shape index (κ1) is 12.6. The van der Waals surface area contributed by atoms with Crippen LogP contribution in [0.3, 0.4) is 0 Å². The van der Waals surface area contributed by atoms with Crippen molar-refractivity contribution >= 4 is 5.97 Å². The van der Waals surface area contributed by atoms with Crippen molar-refractivity contribution in [1.82, 2.24) is 4.98 Å². The second-order valence-corrected chi connectivity index (χ2v) is 5.89. The molecule has 4 heteroatoms. The van der Waals surface area contributed by atoms with E-state index in [-0.39, 0.29) is 6.10 Å². The van der Waals surface area contributed by atoms with E-state index < -0.39 is 11.4 Å². The Kier molecular flexibility index (Phi) is 3.05. The minimum Gasteiger partial charge on any atom is -0.481 e. The van der Waals surface area contributed by atoms with Crippen molar-refractivity contribution in [2.24, 2.45) is 11.3 Å². The van der Waals surface area contributed by atoms with Crippen LogP contribution >= 0.6 is 0 Å². The fourth-order valence-electron chi connectivity index (χ4n) is 3.23. The molecule has 0 amide bonds. The highest BCUT2D eigenvalue weighted by Gasteiger charge is 2.55. The quantitative estimate of drug-likeness (QED) is 0.902. The van der Waals surface area contributed by atoms with E-state index in [2.05, 4.69) is 4.98 Å². The average Bonchev–Trinajstić information content (AvgIpc) is 3.11.